The van der Waals surface area contributed by atoms with E-state index in [0.717, 1.165) is 70.6 Å². The lowest BCUT2D eigenvalue weighted by Gasteiger charge is -2.25. The number of aliphatic hydroxyl groups excluding tert-OH is 1. The first-order chi connectivity index (χ1) is 33.0. The van der Waals surface area contributed by atoms with Gasteiger partial charge in [0.15, 0.2) is 0 Å². The maximum atomic E-state index is 13.0. The molecule has 0 bridgehead atoms. The number of nitrogens with zero attached hydrogens (tertiary/aromatic N) is 1. The topological polar surface area (TPSA) is 105 Å². The van der Waals surface area contributed by atoms with Gasteiger partial charge in [-0.15, -0.1) is 0 Å². The van der Waals surface area contributed by atoms with Crippen molar-refractivity contribution in [2.45, 2.75) is 244 Å². The van der Waals surface area contributed by atoms with Crippen molar-refractivity contribution in [1.82, 2.24) is 5.32 Å². The Kier molecular flexibility index (Phi) is 48.0. The second kappa shape index (κ2) is 49.7. The molecule has 0 saturated heterocycles. The van der Waals surface area contributed by atoms with E-state index in [1.165, 1.54) is 141 Å². The minimum atomic E-state index is -4.36. The molecule has 68 heavy (non-hydrogen) atoms. The Morgan fingerprint density at radius 2 is 0.897 bits per heavy atom. The average Bonchev–Trinajstić information content (AvgIpc) is 3.30. The van der Waals surface area contributed by atoms with Gasteiger partial charge in [0.1, 0.15) is 13.2 Å². The number of unbranched alkanes of at least 4 members (excludes halogenated alkanes) is 25. The van der Waals surface area contributed by atoms with E-state index < -0.39 is 20.0 Å². The van der Waals surface area contributed by atoms with Gasteiger partial charge in [0.2, 0.25) is 5.91 Å². The van der Waals surface area contributed by atoms with Crippen LogP contribution >= 0.6 is 7.82 Å². The number of phosphoric acid groups is 1. The summed E-state index contributed by atoms with van der Waals surface area (Å²) in [7, 11) is 1.55. The summed E-state index contributed by atoms with van der Waals surface area (Å²) in [5, 5.41) is 13.9. The second-order valence-corrected chi connectivity index (χ2v) is 21.4. The van der Waals surface area contributed by atoms with E-state index in [1.807, 2.05) is 27.2 Å². The third-order valence-electron chi connectivity index (χ3n) is 12.1. The number of phosphoric ester groups is 1. The zero-order valence-electron chi connectivity index (χ0n) is 44.8. The van der Waals surface area contributed by atoms with Crippen LogP contribution in [0.5, 0.6) is 0 Å². The fraction of sp³-hybridized carbons (Fsp3) is 0.746. The van der Waals surface area contributed by atoms with Crippen LogP contribution in [0.1, 0.15) is 232 Å². The highest BCUT2D eigenvalue weighted by molar-refractivity contribution is 7.47. The van der Waals surface area contributed by atoms with Crippen LogP contribution in [0.25, 0.3) is 0 Å². The fourth-order valence-electron chi connectivity index (χ4n) is 7.73. The van der Waals surface area contributed by atoms with E-state index in [4.69, 9.17) is 9.05 Å². The van der Waals surface area contributed by atoms with Gasteiger partial charge >= 0.3 is 7.82 Å². The minimum Gasteiger partial charge on any atom is -0.387 e. The van der Waals surface area contributed by atoms with Crippen molar-refractivity contribution in [2.24, 2.45) is 0 Å². The molecule has 9 heteroatoms. The van der Waals surface area contributed by atoms with Gasteiger partial charge in [-0.2, -0.15) is 0 Å². The standard InChI is InChI=1S/C59H107N2O6P/c1-6-8-10-12-14-16-18-20-22-24-26-27-28-29-30-31-32-33-35-37-39-41-43-45-47-49-51-53-59(63)60-57(56-67-68(64,65)66-55-54-61(3,4)5)58(62)52-50-48-46-44-42-40-38-36-34-25-23-21-19-17-15-13-11-9-7-2/h8,10,14,16,20,22,26-27,29-30,42,44,50,52,57-58,62H,6-7,9,11-13,15,17-19,21,23-25,28,31-41,43,45-49,51,53-56H2,1-5H3,(H-,60,63,64,65)/p+1/b10-8-,16-14-,22-20-,27-26-,30-29-,44-42+,52-50+. The highest BCUT2D eigenvalue weighted by atomic mass is 31.2. The van der Waals surface area contributed by atoms with Crippen LogP contribution in [0.3, 0.4) is 0 Å². The van der Waals surface area contributed by atoms with Gasteiger partial charge < -0.3 is 19.8 Å². The van der Waals surface area contributed by atoms with Crippen molar-refractivity contribution >= 4 is 13.7 Å². The van der Waals surface area contributed by atoms with Gasteiger partial charge in [-0.3, -0.25) is 13.8 Å². The van der Waals surface area contributed by atoms with Gasteiger partial charge in [-0.25, -0.2) is 4.57 Å². The van der Waals surface area contributed by atoms with Crippen molar-refractivity contribution in [3.8, 4) is 0 Å². The molecule has 3 unspecified atom stereocenters. The quantitative estimate of drug-likeness (QED) is 0.0243. The lowest BCUT2D eigenvalue weighted by Crippen LogP contribution is -2.45. The van der Waals surface area contributed by atoms with E-state index in [-0.39, 0.29) is 19.1 Å². The Morgan fingerprint density at radius 1 is 0.515 bits per heavy atom. The third-order valence-corrected chi connectivity index (χ3v) is 13.1. The van der Waals surface area contributed by atoms with Crippen molar-refractivity contribution in [2.75, 3.05) is 40.9 Å². The molecule has 0 spiro atoms. The molecular formula is C59H108N2O6P+. The molecule has 3 atom stereocenters. The van der Waals surface area contributed by atoms with Crippen LogP contribution in [0.2, 0.25) is 0 Å². The van der Waals surface area contributed by atoms with Crippen molar-refractivity contribution < 1.29 is 32.9 Å². The first-order valence-electron chi connectivity index (χ1n) is 28.0. The monoisotopic (exact) mass is 972 g/mol. The summed E-state index contributed by atoms with van der Waals surface area (Å²) in [5.41, 5.74) is 0. The predicted molar refractivity (Wildman–Crippen MR) is 295 cm³/mol. The van der Waals surface area contributed by atoms with Crippen LogP contribution in [0.4, 0.5) is 0 Å². The Labute approximate surface area is 420 Å². The molecule has 0 aromatic carbocycles. The van der Waals surface area contributed by atoms with Crippen LogP contribution in [-0.4, -0.2) is 73.4 Å². The van der Waals surface area contributed by atoms with E-state index in [0.29, 0.717) is 17.4 Å². The summed E-state index contributed by atoms with van der Waals surface area (Å²) in [6.45, 7) is 4.68. The summed E-state index contributed by atoms with van der Waals surface area (Å²) in [6, 6.07) is -0.870. The number of rotatable bonds is 50. The highest BCUT2D eigenvalue weighted by Gasteiger charge is 2.27. The molecule has 0 aliphatic heterocycles. The van der Waals surface area contributed by atoms with Crippen LogP contribution in [0, 0.1) is 0 Å². The highest BCUT2D eigenvalue weighted by Crippen LogP contribution is 2.43. The summed E-state index contributed by atoms with van der Waals surface area (Å²) in [6.07, 6.45) is 69.6. The molecule has 0 fully saturated rings. The largest absolute Gasteiger partial charge is 0.472 e. The van der Waals surface area contributed by atoms with Crippen molar-refractivity contribution in [3.63, 3.8) is 0 Å². The maximum absolute atomic E-state index is 13.0. The molecule has 3 N–H and O–H groups in total. The molecule has 0 aromatic heterocycles. The average molecular weight is 972 g/mol. The molecule has 0 heterocycles. The molecular weight excluding hydrogens is 864 g/mol. The summed E-state index contributed by atoms with van der Waals surface area (Å²) < 4.78 is 23.7. The summed E-state index contributed by atoms with van der Waals surface area (Å²) in [4.78, 5) is 23.3. The van der Waals surface area contributed by atoms with Gasteiger partial charge in [0.05, 0.1) is 39.9 Å². The molecule has 1 amide bonds. The van der Waals surface area contributed by atoms with E-state index in [2.05, 4.69) is 92.1 Å². The Bertz CT molecular complexity index is 1380. The second-order valence-electron chi connectivity index (χ2n) is 19.9. The third kappa shape index (κ3) is 51.5. The zero-order valence-corrected chi connectivity index (χ0v) is 45.7. The minimum absolute atomic E-state index is 0.0522. The van der Waals surface area contributed by atoms with Crippen molar-refractivity contribution in [1.29, 1.82) is 0 Å². The fourth-order valence-corrected chi connectivity index (χ4v) is 8.47. The smallest absolute Gasteiger partial charge is 0.387 e. The van der Waals surface area contributed by atoms with Crippen molar-refractivity contribution in [3.05, 3.63) is 85.1 Å². The van der Waals surface area contributed by atoms with E-state index in [1.54, 1.807) is 6.08 Å². The normalized spacial score (nSPS) is 14.6. The molecule has 394 valence electrons. The number of likely N-dealkylation sites (N-methyl/N-ethyl adjacent to an activating group) is 1. The van der Waals surface area contributed by atoms with Crippen LogP contribution in [-0.2, 0) is 18.4 Å². The molecule has 0 aromatic rings. The lowest BCUT2D eigenvalue weighted by molar-refractivity contribution is -0.870. The predicted octanol–water partition coefficient (Wildman–Crippen LogP) is 16.9. The van der Waals surface area contributed by atoms with Gasteiger partial charge in [0.25, 0.3) is 0 Å². The Morgan fingerprint density at radius 3 is 1.35 bits per heavy atom. The molecule has 8 nitrogen and oxygen atoms in total. The zero-order chi connectivity index (χ0) is 49.9. The molecule has 0 aliphatic rings. The number of carbonyl (C=O) groups excluding carboxylic acids is 1. The Hall–Kier alpha value is -2.32. The van der Waals surface area contributed by atoms with E-state index in [9.17, 15) is 19.4 Å². The van der Waals surface area contributed by atoms with E-state index >= 15 is 0 Å². The Balaban J connectivity index is 4.28. The van der Waals surface area contributed by atoms with Crippen LogP contribution in [0.15, 0.2) is 85.1 Å². The number of nitrogens with one attached hydrogen (secondary N) is 1. The van der Waals surface area contributed by atoms with Gasteiger partial charge in [-0.05, 0) is 77.0 Å². The first kappa shape index (κ1) is 65.7. The number of amides is 1. The maximum Gasteiger partial charge on any atom is 0.472 e. The number of aliphatic hydroxyl groups is 1. The SMILES string of the molecule is CC/C=C\C/C=C\C/C=C\C/C=C\C/C=C\CCCCCCCCCCCCCC(=O)NC(COP(=O)(O)OCC[N+](C)(C)C)C(O)/C=C/CC/C=C/CCCCCCCCCCCCCCC. The van der Waals surface area contributed by atoms with Crippen LogP contribution < -0.4 is 5.32 Å². The summed E-state index contributed by atoms with van der Waals surface area (Å²) in [5.74, 6) is -0.192. The number of quaternary nitrogens is 1. The lowest BCUT2D eigenvalue weighted by atomic mass is 10.0. The molecule has 0 rings (SSSR count). The summed E-state index contributed by atoms with van der Waals surface area (Å²) >= 11 is 0. The number of allylic oxidation sites excluding steroid dienone is 13. The first-order valence-corrected chi connectivity index (χ1v) is 29.5. The molecule has 0 saturated carbocycles. The number of hydrogen-bond acceptors (Lipinski definition) is 5. The molecule has 0 aliphatic carbocycles. The number of carbonyl (C=O) groups is 1. The molecule has 0 radical (unpaired) electrons. The number of hydrogen-bond donors (Lipinski definition) is 3. The van der Waals surface area contributed by atoms with Gasteiger partial charge in [-0.1, -0.05) is 234 Å². The van der Waals surface area contributed by atoms with Gasteiger partial charge in [0, 0.05) is 6.42 Å².